The minimum atomic E-state index is 0.783. The Morgan fingerprint density at radius 2 is 1.68 bits per heavy atom. The standard InChI is InChI=1S/C18H19N3O/c1-22-17-8-4-15(5-9-17)13-21-11-10-20-18(21)12-14-2-6-16(19)7-3-14/h2-11H,12-13,19H2,1H3. The van der Waals surface area contributed by atoms with Crippen LogP contribution in [0.25, 0.3) is 0 Å². The molecule has 0 aliphatic heterocycles. The van der Waals surface area contributed by atoms with E-state index in [0.29, 0.717) is 0 Å². The van der Waals surface area contributed by atoms with Gasteiger partial charge in [-0.25, -0.2) is 4.98 Å². The topological polar surface area (TPSA) is 53.1 Å². The summed E-state index contributed by atoms with van der Waals surface area (Å²) < 4.78 is 7.35. The zero-order valence-electron chi connectivity index (χ0n) is 12.6. The van der Waals surface area contributed by atoms with Gasteiger partial charge in [0.1, 0.15) is 11.6 Å². The van der Waals surface area contributed by atoms with Crippen molar-refractivity contribution in [2.75, 3.05) is 12.8 Å². The SMILES string of the molecule is COc1ccc(Cn2ccnc2Cc2ccc(N)cc2)cc1. The van der Waals surface area contributed by atoms with Crippen molar-refractivity contribution in [1.29, 1.82) is 0 Å². The Bertz CT molecular complexity index is 730. The largest absolute Gasteiger partial charge is 0.497 e. The molecule has 112 valence electrons. The average molecular weight is 293 g/mol. The maximum absolute atomic E-state index is 5.72. The van der Waals surface area contributed by atoms with Crippen LogP contribution in [-0.2, 0) is 13.0 Å². The Hall–Kier alpha value is -2.75. The molecule has 0 saturated carbocycles. The minimum absolute atomic E-state index is 0.783. The fourth-order valence-corrected chi connectivity index (χ4v) is 2.40. The molecule has 0 radical (unpaired) electrons. The lowest BCUT2D eigenvalue weighted by Crippen LogP contribution is -2.05. The summed E-state index contributed by atoms with van der Waals surface area (Å²) in [6.45, 7) is 0.800. The summed E-state index contributed by atoms with van der Waals surface area (Å²) in [7, 11) is 1.68. The number of nitrogens with two attached hydrogens (primary N) is 1. The first-order chi connectivity index (χ1) is 10.7. The van der Waals surface area contributed by atoms with E-state index in [1.807, 2.05) is 48.8 Å². The summed E-state index contributed by atoms with van der Waals surface area (Å²) in [6, 6.07) is 16.0. The molecule has 2 N–H and O–H groups in total. The Morgan fingerprint density at radius 1 is 1.00 bits per heavy atom. The predicted molar refractivity (Wildman–Crippen MR) is 88.0 cm³/mol. The van der Waals surface area contributed by atoms with Gasteiger partial charge in [-0.1, -0.05) is 24.3 Å². The first-order valence-electron chi connectivity index (χ1n) is 7.22. The molecule has 0 amide bonds. The highest BCUT2D eigenvalue weighted by Crippen LogP contribution is 2.15. The second kappa shape index (κ2) is 6.35. The molecule has 1 aromatic heterocycles. The van der Waals surface area contributed by atoms with Gasteiger partial charge in [-0.2, -0.15) is 0 Å². The molecule has 22 heavy (non-hydrogen) atoms. The molecule has 4 nitrogen and oxygen atoms in total. The van der Waals surface area contributed by atoms with E-state index in [-0.39, 0.29) is 0 Å². The van der Waals surface area contributed by atoms with E-state index in [9.17, 15) is 0 Å². The van der Waals surface area contributed by atoms with Gasteiger partial charge in [0, 0.05) is 31.0 Å². The number of nitrogen functional groups attached to an aromatic ring is 1. The number of hydrogen-bond acceptors (Lipinski definition) is 3. The number of rotatable bonds is 5. The van der Waals surface area contributed by atoms with Crippen LogP contribution < -0.4 is 10.5 Å². The van der Waals surface area contributed by atoms with Crippen LogP contribution in [-0.4, -0.2) is 16.7 Å². The van der Waals surface area contributed by atoms with Crippen LogP contribution >= 0.6 is 0 Å². The zero-order valence-corrected chi connectivity index (χ0v) is 12.6. The quantitative estimate of drug-likeness (QED) is 0.735. The smallest absolute Gasteiger partial charge is 0.118 e. The molecule has 0 saturated heterocycles. The van der Waals surface area contributed by atoms with Gasteiger partial charge in [-0.05, 0) is 35.4 Å². The Morgan fingerprint density at radius 3 is 2.36 bits per heavy atom. The third-order valence-electron chi connectivity index (χ3n) is 3.66. The van der Waals surface area contributed by atoms with Gasteiger partial charge in [0.05, 0.1) is 7.11 Å². The van der Waals surface area contributed by atoms with Crippen molar-refractivity contribution < 1.29 is 4.74 Å². The molecule has 0 fully saturated rings. The van der Waals surface area contributed by atoms with Crippen LogP contribution in [0.1, 0.15) is 17.0 Å². The zero-order chi connectivity index (χ0) is 15.4. The summed E-state index contributed by atoms with van der Waals surface area (Å²) in [5, 5.41) is 0. The van der Waals surface area contributed by atoms with E-state index in [4.69, 9.17) is 10.5 Å². The maximum atomic E-state index is 5.72. The van der Waals surface area contributed by atoms with Crippen LogP contribution in [0.3, 0.4) is 0 Å². The second-order valence-electron chi connectivity index (χ2n) is 5.24. The molecule has 0 aliphatic carbocycles. The molecule has 4 heteroatoms. The van der Waals surface area contributed by atoms with E-state index in [0.717, 1.165) is 30.2 Å². The summed E-state index contributed by atoms with van der Waals surface area (Å²) in [5.74, 6) is 1.91. The van der Waals surface area contributed by atoms with Crippen LogP contribution in [0.5, 0.6) is 5.75 Å². The van der Waals surface area contributed by atoms with E-state index in [1.54, 1.807) is 7.11 Å². The van der Waals surface area contributed by atoms with Crippen LogP contribution in [0.15, 0.2) is 60.9 Å². The minimum Gasteiger partial charge on any atom is -0.497 e. The molecular formula is C18H19N3O. The average Bonchev–Trinajstić information content (AvgIpc) is 2.97. The number of hydrogen-bond donors (Lipinski definition) is 1. The molecule has 3 rings (SSSR count). The van der Waals surface area contributed by atoms with Gasteiger partial charge in [-0.15, -0.1) is 0 Å². The summed E-state index contributed by atoms with van der Waals surface area (Å²) in [4.78, 5) is 4.47. The van der Waals surface area contributed by atoms with Gasteiger partial charge in [0.15, 0.2) is 0 Å². The monoisotopic (exact) mass is 293 g/mol. The molecule has 1 heterocycles. The normalized spacial score (nSPS) is 10.6. The predicted octanol–water partition coefficient (Wildman–Crippen LogP) is 3.11. The summed E-state index contributed by atoms with van der Waals surface area (Å²) >= 11 is 0. The highest BCUT2D eigenvalue weighted by molar-refractivity contribution is 5.40. The Balaban J connectivity index is 1.75. The number of ether oxygens (including phenoxy) is 1. The highest BCUT2D eigenvalue weighted by Gasteiger charge is 2.05. The van der Waals surface area contributed by atoms with E-state index < -0.39 is 0 Å². The fourth-order valence-electron chi connectivity index (χ4n) is 2.40. The third-order valence-corrected chi connectivity index (χ3v) is 3.66. The lowest BCUT2D eigenvalue weighted by Gasteiger charge is -2.09. The van der Waals surface area contributed by atoms with Crippen molar-refractivity contribution in [1.82, 2.24) is 9.55 Å². The number of nitrogens with zero attached hydrogens (tertiary/aromatic N) is 2. The van der Waals surface area contributed by atoms with Crippen molar-refractivity contribution in [3.8, 4) is 5.75 Å². The van der Waals surface area contributed by atoms with Crippen molar-refractivity contribution in [3.63, 3.8) is 0 Å². The van der Waals surface area contributed by atoms with Crippen molar-refractivity contribution >= 4 is 5.69 Å². The second-order valence-corrected chi connectivity index (χ2v) is 5.24. The first-order valence-corrected chi connectivity index (χ1v) is 7.22. The number of anilines is 1. The molecule has 2 aromatic carbocycles. The Labute approximate surface area is 130 Å². The number of aromatic nitrogens is 2. The highest BCUT2D eigenvalue weighted by atomic mass is 16.5. The van der Waals surface area contributed by atoms with Crippen molar-refractivity contribution in [2.24, 2.45) is 0 Å². The maximum Gasteiger partial charge on any atom is 0.118 e. The van der Waals surface area contributed by atoms with Gasteiger partial charge >= 0.3 is 0 Å². The lowest BCUT2D eigenvalue weighted by molar-refractivity contribution is 0.414. The van der Waals surface area contributed by atoms with Crippen LogP contribution in [0.2, 0.25) is 0 Å². The van der Waals surface area contributed by atoms with E-state index in [1.165, 1.54) is 11.1 Å². The first kappa shape index (κ1) is 14.2. The Kier molecular flexibility index (Phi) is 4.10. The van der Waals surface area contributed by atoms with Gasteiger partial charge in [0.2, 0.25) is 0 Å². The third kappa shape index (κ3) is 3.28. The van der Waals surface area contributed by atoms with Crippen molar-refractivity contribution in [3.05, 3.63) is 77.9 Å². The van der Waals surface area contributed by atoms with Crippen molar-refractivity contribution in [2.45, 2.75) is 13.0 Å². The lowest BCUT2D eigenvalue weighted by atomic mass is 10.1. The number of benzene rings is 2. The van der Waals surface area contributed by atoms with Gasteiger partial charge in [0.25, 0.3) is 0 Å². The van der Waals surface area contributed by atoms with Gasteiger partial charge < -0.3 is 15.0 Å². The molecule has 0 aliphatic rings. The molecule has 3 aromatic rings. The molecule has 0 bridgehead atoms. The molecule has 0 unspecified atom stereocenters. The number of methoxy groups -OCH3 is 1. The van der Waals surface area contributed by atoms with Gasteiger partial charge in [-0.3, -0.25) is 0 Å². The molecule has 0 spiro atoms. The molecule has 0 atom stereocenters. The fraction of sp³-hybridized carbons (Fsp3) is 0.167. The molecular weight excluding hydrogens is 274 g/mol. The van der Waals surface area contributed by atoms with E-state index in [2.05, 4.69) is 21.7 Å². The van der Waals surface area contributed by atoms with Crippen LogP contribution in [0.4, 0.5) is 5.69 Å². The number of imidazole rings is 1. The summed E-state index contributed by atoms with van der Waals surface area (Å²) in [5.41, 5.74) is 8.93. The van der Waals surface area contributed by atoms with E-state index >= 15 is 0 Å². The summed E-state index contributed by atoms with van der Waals surface area (Å²) in [6.07, 6.45) is 4.65. The van der Waals surface area contributed by atoms with Crippen LogP contribution in [0, 0.1) is 0 Å².